The Hall–Kier alpha value is -3.43. The number of allylic oxidation sites excluding steroid dienone is 1. The van der Waals surface area contributed by atoms with E-state index >= 15 is 0 Å². The third kappa shape index (κ3) is 3.06. The second-order valence-corrected chi connectivity index (χ2v) is 6.82. The maximum atomic E-state index is 9.74. The van der Waals surface area contributed by atoms with Crippen LogP contribution in [0.2, 0.25) is 5.02 Å². The van der Waals surface area contributed by atoms with Crippen LogP contribution in [0.3, 0.4) is 0 Å². The van der Waals surface area contributed by atoms with Crippen LogP contribution in [0.15, 0.2) is 60.0 Å². The second-order valence-electron chi connectivity index (χ2n) is 6.41. The van der Waals surface area contributed by atoms with Crippen molar-refractivity contribution in [2.24, 2.45) is 5.73 Å². The summed E-state index contributed by atoms with van der Waals surface area (Å²) >= 11 is 6.20. The van der Waals surface area contributed by atoms with Gasteiger partial charge in [-0.3, -0.25) is 5.10 Å². The van der Waals surface area contributed by atoms with Gasteiger partial charge in [-0.2, -0.15) is 5.26 Å². The van der Waals surface area contributed by atoms with Gasteiger partial charge in [0.05, 0.1) is 10.9 Å². The Morgan fingerprint density at radius 1 is 1.25 bits per heavy atom. The molecule has 140 valence electrons. The maximum Gasteiger partial charge on any atom is 0.244 e. The fourth-order valence-electron chi connectivity index (χ4n) is 3.37. The lowest BCUT2D eigenvalue weighted by molar-refractivity contribution is 0.304. The van der Waals surface area contributed by atoms with Crippen LogP contribution in [0, 0.1) is 18.3 Å². The van der Waals surface area contributed by atoms with Crippen molar-refractivity contribution in [3.8, 4) is 17.7 Å². The van der Waals surface area contributed by atoms with Crippen molar-refractivity contribution in [3.05, 3.63) is 87.4 Å². The number of benzene rings is 2. The van der Waals surface area contributed by atoms with Gasteiger partial charge in [-0.1, -0.05) is 48.0 Å². The van der Waals surface area contributed by atoms with E-state index in [2.05, 4.69) is 16.3 Å². The largest absolute Gasteiger partial charge is 0.487 e. The molecule has 6 nitrogen and oxygen atoms in total. The van der Waals surface area contributed by atoms with E-state index in [9.17, 15) is 5.26 Å². The quantitative estimate of drug-likeness (QED) is 0.694. The number of aromatic amines is 1. The zero-order chi connectivity index (χ0) is 19.7. The van der Waals surface area contributed by atoms with Gasteiger partial charge >= 0.3 is 0 Å². The van der Waals surface area contributed by atoms with E-state index in [1.54, 1.807) is 6.07 Å². The number of aryl methyl sites for hydroxylation is 1. The molecule has 0 radical (unpaired) electrons. The number of ether oxygens (including phenoxy) is 2. The molecule has 1 aliphatic rings. The highest BCUT2D eigenvalue weighted by atomic mass is 35.5. The van der Waals surface area contributed by atoms with Crippen molar-refractivity contribution in [3.63, 3.8) is 0 Å². The topological polar surface area (TPSA) is 97.0 Å². The van der Waals surface area contributed by atoms with Gasteiger partial charge in [-0.15, -0.1) is 5.10 Å². The van der Waals surface area contributed by atoms with Crippen molar-refractivity contribution in [1.29, 1.82) is 5.26 Å². The number of nitrogens with two attached hydrogens (primary N) is 1. The molecule has 2 aromatic carbocycles. The first-order valence-corrected chi connectivity index (χ1v) is 9.05. The molecular formula is C21H17ClN4O2. The van der Waals surface area contributed by atoms with Crippen LogP contribution in [0.25, 0.3) is 0 Å². The van der Waals surface area contributed by atoms with Crippen molar-refractivity contribution in [2.45, 2.75) is 19.4 Å². The van der Waals surface area contributed by atoms with E-state index in [1.807, 2.05) is 49.4 Å². The van der Waals surface area contributed by atoms with Crippen molar-refractivity contribution >= 4 is 11.6 Å². The number of nitrogens with one attached hydrogen (secondary N) is 1. The average molecular weight is 393 g/mol. The first kappa shape index (κ1) is 18.0. The SMILES string of the molecule is Cc1[nH]nc2c1C(c1ccccc1COc1ccccc1Cl)C(C#N)=C(N)O2. The summed E-state index contributed by atoms with van der Waals surface area (Å²) in [6, 6.07) is 17.3. The molecule has 0 saturated carbocycles. The number of para-hydroxylation sites is 1. The van der Waals surface area contributed by atoms with Gasteiger partial charge in [0.15, 0.2) is 0 Å². The first-order valence-electron chi connectivity index (χ1n) is 8.67. The molecule has 0 bridgehead atoms. The van der Waals surface area contributed by atoms with Crippen molar-refractivity contribution < 1.29 is 9.47 Å². The van der Waals surface area contributed by atoms with E-state index in [4.69, 9.17) is 26.8 Å². The van der Waals surface area contributed by atoms with E-state index < -0.39 is 5.92 Å². The number of aromatic nitrogens is 2. The van der Waals surface area contributed by atoms with E-state index in [0.717, 1.165) is 22.4 Å². The minimum absolute atomic E-state index is 0.0633. The van der Waals surface area contributed by atoms with Gasteiger partial charge in [0, 0.05) is 11.3 Å². The summed E-state index contributed by atoms with van der Waals surface area (Å²) in [5, 5.41) is 17.4. The van der Waals surface area contributed by atoms with Gasteiger partial charge in [0.25, 0.3) is 0 Å². The number of rotatable bonds is 4. The van der Waals surface area contributed by atoms with Gasteiger partial charge in [0.1, 0.15) is 24.0 Å². The standard InChI is InChI=1S/C21H17ClN4O2/c1-12-18-19(15(10-23)20(24)28-21(18)26-25-12)14-7-3-2-6-13(14)11-27-17-9-5-4-8-16(17)22/h2-9,19H,11,24H2,1H3,(H,25,26). The lowest BCUT2D eigenvalue weighted by atomic mass is 9.82. The highest BCUT2D eigenvalue weighted by Gasteiger charge is 2.35. The van der Waals surface area contributed by atoms with Crippen LogP contribution in [0.5, 0.6) is 11.6 Å². The Morgan fingerprint density at radius 3 is 2.79 bits per heavy atom. The molecule has 1 atom stereocenters. The first-order chi connectivity index (χ1) is 13.6. The number of nitrogens with zero attached hydrogens (tertiary/aromatic N) is 2. The molecule has 0 aliphatic carbocycles. The Balaban J connectivity index is 1.76. The van der Waals surface area contributed by atoms with Crippen molar-refractivity contribution in [2.75, 3.05) is 0 Å². The van der Waals surface area contributed by atoms with E-state index in [-0.39, 0.29) is 5.88 Å². The molecule has 0 saturated heterocycles. The summed E-state index contributed by atoms with van der Waals surface area (Å²) < 4.78 is 11.5. The number of hydrogen-bond acceptors (Lipinski definition) is 5. The molecule has 1 aromatic heterocycles. The van der Waals surface area contributed by atoms with Crippen LogP contribution in [0.1, 0.15) is 28.3 Å². The summed E-state index contributed by atoms with van der Waals surface area (Å²) in [7, 11) is 0. The molecule has 28 heavy (non-hydrogen) atoms. The molecule has 7 heteroatoms. The van der Waals surface area contributed by atoms with Gasteiger partial charge in [0.2, 0.25) is 11.8 Å². The Morgan fingerprint density at radius 2 is 2.00 bits per heavy atom. The highest BCUT2D eigenvalue weighted by Crippen LogP contribution is 2.43. The highest BCUT2D eigenvalue weighted by molar-refractivity contribution is 6.32. The smallest absolute Gasteiger partial charge is 0.244 e. The summed E-state index contributed by atoms with van der Waals surface area (Å²) in [6.07, 6.45) is 0. The number of fused-ring (bicyclic) bond motifs is 1. The summed E-state index contributed by atoms with van der Waals surface area (Å²) in [6.45, 7) is 2.18. The van der Waals surface area contributed by atoms with Crippen LogP contribution in [-0.4, -0.2) is 10.2 Å². The van der Waals surface area contributed by atoms with Gasteiger partial charge in [-0.25, -0.2) is 0 Å². The maximum absolute atomic E-state index is 9.74. The summed E-state index contributed by atoms with van der Waals surface area (Å²) in [5.41, 5.74) is 9.80. The monoisotopic (exact) mass is 392 g/mol. The molecule has 1 unspecified atom stereocenters. The fourth-order valence-corrected chi connectivity index (χ4v) is 3.56. The minimum Gasteiger partial charge on any atom is -0.487 e. The molecule has 0 amide bonds. The van der Waals surface area contributed by atoms with Crippen LogP contribution in [-0.2, 0) is 6.61 Å². The average Bonchev–Trinajstić information content (AvgIpc) is 3.07. The Bertz CT molecular complexity index is 1110. The third-order valence-corrected chi connectivity index (χ3v) is 5.03. The second kappa shape index (κ2) is 7.29. The Labute approximate surface area is 167 Å². The molecule has 3 aromatic rings. The zero-order valence-corrected chi connectivity index (χ0v) is 15.8. The molecule has 0 spiro atoms. The minimum atomic E-state index is -0.390. The third-order valence-electron chi connectivity index (χ3n) is 4.72. The van der Waals surface area contributed by atoms with E-state index in [0.29, 0.717) is 28.8 Å². The molecule has 1 aliphatic heterocycles. The normalized spacial score (nSPS) is 15.5. The molecular weight excluding hydrogens is 376 g/mol. The zero-order valence-electron chi connectivity index (χ0n) is 15.1. The van der Waals surface area contributed by atoms with Crippen LogP contribution < -0.4 is 15.2 Å². The lowest BCUT2D eigenvalue weighted by Crippen LogP contribution is -2.22. The summed E-state index contributed by atoms with van der Waals surface area (Å²) in [4.78, 5) is 0. The molecule has 2 heterocycles. The number of nitriles is 1. The molecule has 3 N–H and O–H groups in total. The predicted molar refractivity (Wildman–Crippen MR) is 105 cm³/mol. The van der Waals surface area contributed by atoms with Crippen molar-refractivity contribution in [1.82, 2.24) is 10.2 Å². The van der Waals surface area contributed by atoms with E-state index in [1.165, 1.54) is 0 Å². The van der Waals surface area contributed by atoms with Gasteiger partial charge < -0.3 is 15.2 Å². The van der Waals surface area contributed by atoms with Gasteiger partial charge in [-0.05, 0) is 30.2 Å². The molecule has 0 fully saturated rings. The summed E-state index contributed by atoms with van der Waals surface area (Å²) in [5.74, 6) is 0.661. The van der Waals surface area contributed by atoms with Crippen LogP contribution in [0.4, 0.5) is 0 Å². The molecule has 4 rings (SSSR count). The number of H-pyrrole nitrogens is 1. The number of hydrogen-bond donors (Lipinski definition) is 2. The fraction of sp³-hybridized carbons (Fsp3) is 0.143. The number of halogens is 1. The predicted octanol–water partition coefficient (Wildman–Crippen LogP) is 4.17. The lowest BCUT2D eigenvalue weighted by Gasteiger charge is -2.25. The van der Waals surface area contributed by atoms with Crippen LogP contribution >= 0.6 is 11.6 Å². The Kier molecular flexibility index (Phi) is 4.68.